The van der Waals surface area contributed by atoms with E-state index >= 15 is 0 Å². The van der Waals surface area contributed by atoms with Gasteiger partial charge in [-0.05, 0) is 68.7 Å². The summed E-state index contributed by atoms with van der Waals surface area (Å²) in [5, 5.41) is 16.2. The van der Waals surface area contributed by atoms with Gasteiger partial charge in [0.2, 0.25) is 0 Å². The molecular formula is C23H24ClN3O2. The van der Waals surface area contributed by atoms with Crippen molar-refractivity contribution in [3.8, 4) is 5.69 Å². The smallest absolute Gasteiger partial charge is 0.253 e. The number of aliphatic hydroxyl groups is 1. The van der Waals surface area contributed by atoms with Crippen LogP contribution in [0.25, 0.3) is 5.69 Å². The summed E-state index contributed by atoms with van der Waals surface area (Å²) in [7, 11) is 0. The van der Waals surface area contributed by atoms with Crippen molar-refractivity contribution in [3.63, 3.8) is 0 Å². The molecule has 0 bridgehead atoms. The minimum Gasteiger partial charge on any atom is -0.385 e. The number of halogens is 1. The number of rotatable bonds is 3. The SMILES string of the molecule is Cc1cc(C)n(-c2cccc(C(=O)N3CCC(O)(c4ccc(Cl)cc4)CC3)c2)n1. The number of carbonyl (C=O) groups excluding carboxylic acids is 1. The third kappa shape index (κ3) is 3.93. The summed E-state index contributed by atoms with van der Waals surface area (Å²) in [5.41, 5.74) is 3.39. The van der Waals surface area contributed by atoms with Gasteiger partial charge >= 0.3 is 0 Å². The van der Waals surface area contributed by atoms with Crippen LogP contribution in [-0.2, 0) is 5.60 Å². The van der Waals surface area contributed by atoms with Gasteiger partial charge in [0.25, 0.3) is 5.91 Å². The Kier molecular flexibility index (Phi) is 5.19. The number of aromatic nitrogens is 2. The molecule has 0 spiro atoms. The Morgan fingerprint density at radius 2 is 1.76 bits per heavy atom. The molecule has 1 aromatic heterocycles. The average molecular weight is 410 g/mol. The number of benzene rings is 2. The van der Waals surface area contributed by atoms with Crippen LogP contribution < -0.4 is 0 Å². The van der Waals surface area contributed by atoms with Crippen molar-refractivity contribution >= 4 is 17.5 Å². The number of piperidine rings is 1. The van der Waals surface area contributed by atoms with Crippen LogP contribution in [0, 0.1) is 13.8 Å². The third-order valence-corrected chi connectivity index (χ3v) is 5.86. The summed E-state index contributed by atoms with van der Waals surface area (Å²) in [4.78, 5) is 14.9. The predicted molar refractivity (Wildman–Crippen MR) is 114 cm³/mol. The summed E-state index contributed by atoms with van der Waals surface area (Å²) in [6.45, 7) is 4.95. The summed E-state index contributed by atoms with van der Waals surface area (Å²) in [6, 6.07) is 16.8. The Hall–Kier alpha value is -2.63. The zero-order valence-electron chi connectivity index (χ0n) is 16.6. The maximum Gasteiger partial charge on any atom is 0.253 e. The molecule has 2 heterocycles. The van der Waals surface area contributed by atoms with Crippen LogP contribution in [0.15, 0.2) is 54.6 Å². The van der Waals surface area contributed by atoms with Crippen molar-refractivity contribution in [2.45, 2.75) is 32.3 Å². The number of carbonyl (C=O) groups is 1. The molecule has 0 atom stereocenters. The fourth-order valence-corrected chi connectivity index (χ4v) is 4.10. The molecule has 0 unspecified atom stereocenters. The van der Waals surface area contributed by atoms with Gasteiger partial charge in [-0.2, -0.15) is 5.10 Å². The van der Waals surface area contributed by atoms with E-state index in [9.17, 15) is 9.90 Å². The molecule has 0 aliphatic carbocycles. The van der Waals surface area contributed by atoms with E-state index in [0.29, 0.717) is 36.5 Å². The van der Waals surface area contributed by atoms with Crippen LogP contribution in [0.4, 0.5) is 0 Å². The van der Waals surface area contributed by atoms with Gasteiger partial charge in [0, 0.05) is 29.4 Å². The topological polar surface area (TPSA) is 58.4 Å². The number of hydrogen-bond donors (Lipinski definition) is 1. The van der Waals surface area contributed by atoms with Crippen molar-refractivity contribution < 1.29 is 9.90 Å². The monoisotopic (exact) mass is 409 g/mol. The zero-order chi connectivity index (χ0) is 20.6. The van der Waals surface area contributed by atoms with Crippen LogP contribution in [-0.4, -0.2) is 38.8 Å². The van der Waals surface area contributed by atoms with Crippen molar-refractivity contribution in [2.24, 2.45) is 0 Å². The highest BCUT2D eigenvalue weighted by atomic mass is 35.5. The van der Waals surface area contributed by atoms with Gasteiger partial charge in [-0.3, -0.25) is 4.79 Å². The molecule has 1 aliphatic heterocycles. The molecule has 1 aliphatic rings. The van der Waals surface area contributed by atoms with Crippen LogP contribution in [0.2, 0.25) is 5.02 Å². The molecule has 150 valence electrons. The molecule has 6 heteroatoms. The van der Waals surface area contributed by atoms with Crippen LogP contribution >= 0.6 is 11.6 Å². The lowest BCUT2D eigenvalue weighted by Crippen LogP contribution is -2.45. The highest BCUT2D eigenvalue weighted by Gasteiger charge is 2.35. The van der Waals surface area contributed by atoms with E-state index in [0.717, 1.165) is 22.6 Å². The maximum atomic E-state index is 13.1. The van der Waals surface area contributed by atoms with E-state index in [1.807, 2.05) is 65.9 Å². The summed E-state index contributed by atoms with van der Waals surface area (Å²) < 4.78 is 1.85. The lowest BCUT2D eigenvalue weighted by molar-refractivity contribution is -0.0211. The standard InChI is InChI=1S/C23H24ClN3O2/c1-16-14-17(2)27(25-16)21-5-3-4-18(15-21)22(28)26-12-10-23(29,11-13-26)19-6-8-20(24)9-7-19/h3-9,14-15,29H,10-13H2,1-2H3. The first-order valence-corrected chi connectivity index (χ1v) is 10.1. The third-order valence-electron chi connectivity index (χ3n) is 5.61. The minimum absolute atomic E-state index is 0.0217. The summed E-state index contributed by atoms with van der Waals surface area (Å²) in [6.07, 6.45) is 0.995. The molecular weight excluding hydrogens is 386 g/mol. The molecule has 1 amide bonds. The van der Waals surface area contributed by atoms with E-state index in [1.54, 1.807) is 12.1 Å². The number of hydrogen-bond acceptors (Lipinski definition) is 3. The number of amides is 1. The van der Waals surface area contributed by atoms with Gasteiger partial charge in [0.05, 0.1) is 17.0 Å². The molecule has 1 saturated heterocycles. The fourth-order valence-electron chi connectivity index (χ4n) is 3.97. The Morgan fingerprint density at radius 3 is 2.38 bits per heavy atom. The second kappa shape index (κ2) is 7.65. The molecule has 2 aromatic carbocycles. The molecule has 5 nitrogen and oxygen atoms in total. The van der Waals surface area contributed by atoms with Crippen LogP contribution in [0.5, 0.6) is 0 Å². The molecule has 1 fully saturated rings. The lowest BCUT2D eigenvalue weighted by Gasteiger charge is -2.38. The van der Waals surface area contributed by atoms with Crippen LogP contribution in [0.3, 0.4) is 0 Å². The molecule has 0 radical (unpaired) electrons. The summed E-state index contributed by atoms with van der Waals surface area (Å²) >= 11 is 5.96. The molecule has 1 N–H and O–H groups in total. The van der Waals surface area contributed by atoms with Gasteiger partial charge in [-0.15, -0.1) is 0 Å². The fraction of sp³-hybridized carbons (Fsp3) is 0.304. The van der Waals surface area contributed by atoms with Gasteiger partial charge in [-0.1, -0.05) is 29.8 Å². The highest BCUT2D eigenvalue weighted by Crippen LogP contribution is 2.34. The second-order valence-electron chi connectivity index (χ2n) is 7.72. The zero-order valence-corrected chi connectivity index (χ0v) is 17.4. The second-order valence-corrected chi connectivity index (χ2v) is 8.16. The van der Waals surface area contributed by atoms with E-state index in [1.165, 1.54) is 0 Å². The lowest BCUT2D eigenvalue weighted by atomic mass is 9.84. The van der Waals surface area contributed by atoms with Crippen molar-refractivity contribution in [1.82, 2.24) is 14.7 Å². The minimum atomic E-state index is -0.924. The molecule has 3 aromatic rings. The normalized spacial score (nSPS) is 16.1. The van der Waals surface area contributed by atoms with Crippen LogP contribution in [0.1, 0.15) is 40.2 Å². The molecule has 0 saturated carbocycles. The summed E-state index contributed by atoms with van der Waals surface area (Å²) in [5.74, 6) is -0.0217. The van der Waals surface area contributed by atoms with Gasteiger partial charge in [0.1, 0.15) is 0 Å². The highest BCUT2D eigenvalue weighted by molar-refractivity contribution is 6.30. The Labute approximate surface area is 175 Å². The maximum absolute atomic E-state index is 13.1. The van der Waals surface area contributed by atoms with E-state index in [2.05, 4.69) is 5.10 Å². The first-order chi connectivity index (χ1) is 13.9. The number of aryl methyl sites for hydroxylation is 2. The van der Waals surface area contributed by atoms with E-state index in [-0.39, 0.29) is 5.91 Å². The van der Waals surface area contributed by atoms with E-state index < -0.39 is 5.60 Å². The Balaban J connectivity index is 1.49. The van der Waals surface area contributed by atoms with Crippen molar-refractivity contribution in [3.05, 3.63) is 82.1 Å². The van der Waals surface area contributed by atoms with Gasteiger partial charge in [-0.25, -0.2) is 4.68 Å². The molecule has 29 heavy (non-hydrogen) atoms. The Morgan fingerprint density at radius 1 is 1.07 bits per heavy atom. The first kappa shape index (κ1) is 19.7. The van der Waals surface area contributed by atoms with Gasteiger partial charge < -0.3 is 10.0 Å². The Bertz CT molecular complexity index is 1030. The number of nitrogens with zero attached hydrogens (tertiary/aromatic N) is 3. The number of likely N-dealkylation sites (tertiary alicyclic amines) is 1. The first-order valence-electron chi connectivity index (χ1n) is 9.77. The molecule has 4 rings (SSSR count). The predicted octanol–water partition coefficient (Wildman–Crippen LogP) is 4.27. The van der Waals surface area contributed by atoms with Crippen molar-refractivity contribution in [1.29, 1.82) is 0 Å². The van der Waals surface area contributed by atoms with Crippen molar-refractivity contribution in [2.75, 3.05) is 13.1 Å². The van der Waals surface area contributed by atoms with Gasteiger partial charge in [0.15, 0.2) is 0 Å². The largest absolute Gasteiger partial charge is 0.385 e. The van der Waals surface area contributed by atoms with E-state index in [4.69, 9.17) is 11.6 Å². The quantitative estimate of drug-likeness (QED) is 0.702. The average Bonchev–Trinajstić information content (AvgIpc) is 3.06.